The minimum atomic E-state index is 0.245. The minimum Gasteiger partial charge on any atom is -0.455 e. The Morgan fingerprint density at radius 1 is 1.05 bits per heavy atom. The van der Waals surface area contributed by atoms with Gasteiger partial charge in [-0.3, -0.25) is 0 Å². The fourth-order valence-electron chi connectivity index (χ4n) is 1.84. The quantitative estimate of drug-likeness (QED) is 0.819. The summed E-state index contributed by atoms with van der Waals surface area (Å²) in [7, 11) is 1.91. The van der Waals surface area contributed by atoms with Gasteiger partial charge in [0.1, 0.15) is 11.5 Å². The molecule has 0 bridgehead atoms. The van der Waals surface area contributed by atoms with Crippen molar-refractivity contribution in [3.63, 3.8) is 0 Å². The summed E-state index contributed by atoms with van der Waals surface area (Å²) in [5.74, 6) is 1.35. The third-order valence-corrected chi connectivity index (χ3v) is 3.79. The van der Waals surface area contributed by atoms with E-state index in [0.717, 1.165) is 11.1 Å². The van der Waals surface area contributed by atoms with Crippen LogP contribution in [0.1, 0.15) is 24.1 Å². The van der Waals surface area contributed by atoms with Crippen molar-refractivity contribution in [3.8, 4) is 11.5 Å². The molecule has 20 heavy (non-hydrogen) atoms. The largest absolute Gasteiger partial charge is 0.455 e. The Morgan fingerprint density at radius 2 is 1.80 bits per heavy atom. The van der Waals surface area contributed by atoms with Gasteiger partial charge in [-0.25, -0.2) is 0 Å². The summed E-state index contributed by atoms with van der Waals surface area (Å²) in [6, 6.07) is 11.6. The third-order valence-electron chi connectivity index (χ3n) is 3.26. The molecule has 0 saturated carbocycles. The first-order valence-corrected chi connectivity index (χ1v) is 7.17. The van der Waals surface area contributed by atoms with Crippen molar-refractivity contribution in [2.45, 2.75) is 19.9 Å². The normalized spacial score (nSPS) is 12.2. The lowest BCUT2D eigenvalue weighted by molar-refractivity contribution is 0.478. The zero-order chi connectivity index (χ0) is 14.7. The van der Waals surface area contributed by atoms with Gasteiger partial charge in [0.05, 0.1) is 5.02 Å². The van der Waals surface area contributed by atoms with E-state index in [9.17, 15) is 0 Å². The molecule has 2 nitrogen and oxygen atoms in total. The maximum Gasteiger partial charge on any atom is 0.146 e. The Morgan fingerprint density at radius 3 is 2.45 bits per heavy atom. The van der Waals surface area contributed by atoms with Crippen LogP contribution in [0.4, 0.5) is 0 Å². The molecule has 2 rings (SSSR count). The molecule has 0 aromatic heterocycles. The van der Waals surface area contributed by atoms with Gasteiger partial charge in [0.25, 0.3) is 0 Å². The Hall–Kier alpha value is -1.22. The molecule has 0 spiro atoms. The average molecular weight is 310 g/mol. The van der Waals surface area contributed by atoms with Gasteiger partial charge in [-0.2, -0.15) is 0 Å². The van der Waals surface area contributed by atoms with E-state index in [1.165, 1.54) is 0 Å². The molecule has 0 fully saturated rings. The van der Waals surface area contributed by atoms with E-state index in [0.29, 0.717) is 21.5 Å². The number of nitrogens with one attached hydrogen (secondary N) is 1. The molecule has 106 valence electrons. The van der Waals surface area contributed by atoms with Crippen molar-refractivity contribution >= 4 is 23.2 Å². The molecular formula is C16H17Cl2NO. The number of benzene rings is 2. The highest BCUT2D eigenvalue weighted by Gasteiger charge is 2.09. The third kappa shape index (κ3) is 3.45. The average Bonchev–Trinajstić information content (AvgIpc) is 2.44. The first-order valence-electron chi connectivity index (χ1n) is 6.42. The number of aryl methyl sites for hydroxylation is 1. The summed E-state index contributed by atoms with van der Waals surface area (Å²) in [5, 5.41) is 4.41. The van der Waals surface area contributed by atoms with Gasteiger partial charge in [0, 0.05) is 11.1 Å². The molecule has 0 amide bonds. The highest BCUT2D eigenvalue weighted by molar-refractivity contribution is 6.32. The van der Waals surface area contributed by atoms with Crippen LogP contribution < -0.4 is 10.1 Å². The SMILES string of the molecule is CNC(C)c1ccc(Oc2cc(Cl)ccc2C)c(Cl)c1. The Balaban J connectivity index is 2.28. The van der Waals surface area contributed by atoms with Crippen molar-refractivity contribution in [1.82, 2.24) is 5.32 Å². The molecule has 0 aliphatic rings. The summed E-state index contributed by atoms with van der Waals surface area (Å²) >= 11 is 12.3. The fraction of sp³-hybridized carbons (Fsp3) is 0.250. The predicted octanol–water partition coefficient (Wildman–Crippen LogP) is 5.37. The summed E-state index contributed by atoms with van der Waals surface area (Å²) in [6.07, 6.45) is 0. The van der Waals surface area contributed by atoms with Crippen molar-refractivity contribution in [2.75, 3.05) is 7.05 Å². The molecule has 0 radical (unpaired) electrons. The number of hydrogen-bond acceptors (Lipinski definition) is 2. The minimum absolute atomic E-state index is 0.245. The van der Waals surface area contributed by atoms with Gasteiger partial charge in [-0.15, -0.1) is 0 Å². The van der Waals surface area contributed by atoms with Gasteiger partial charge in [0.2, 0.25) is 0 Å². The van der Waals surface area contributed by atoms with E-state index in [1.54, 1.807) is 6.07 Å². The van der Waals surface area contributed by atoms with Crippen LogP contribution in [0.3, 0.4) is 0 Å². The molecule has 2 aromatic carbocycles. The summed E-state index contributed by atoms with van der Waals surface area (Å²) in [5.41, 5.74) is 2.13. The zero-order valence-electron chi connectivity index (χ0n) is 11.7. The summed E-state index contributed by atoms with van der Waals surface area (Å²) in [6.45, 7) is 4.05. The van der Waals surface area contributed by atoms with Crippen LogP contribution in [0.15, 0.2) is 36.4 Å². The molecule has 0 saturated heterocycles. The number of hydrogen-bond donors (Lipinski definition) is 1. The van der Waals surface area contributed by atoms with Crippen LogP contribution in [0.5, 0.6) is 11.5 Å². The fourth-order valence-corrected chi connectivity index (χ4v) is 2.23. The zero-order valence-corrected chi connectivity index (χ0v) is 13.2. The second-order valence-corrected chi connectivity index (χ2v) is 5.56. The summed E-state index contributed by atoms with van der Waals surface area (Å²) < 4.78 is 5.85. The topological polar surface area (TPSA) is 21.3 Å². The lowest BCUT2D eigenvalue weighted by Gasteiger charge is -2.14. The monoisotopic (exact) mass is 309 g/mol. The van der Waals surface area contributed by atoms with Gasteiger partial charge < -0.3 is 10.1 Å². The molecule has 1 unspecified atom stereocenters. The molecule has 4 heteroatoms. The van der Waals surface area contributed by atoms with Gasteiger partial charge in [0.15, 0.2) is 0 Å². The van der Waals surface area contributed by atoms with Gasteiger partial charge >= 0.3 is 0 Å². The molecule has 0 aliphatic heterocycles. The Kier molecular flexibility index (Phi) is 4.92. The first kappa shape index (κ1) is 15.2. The highest BCUT2D eigenvalue weighted by Crippen LogP contribution is 2.34. The number of ether oxygens (including phenoxy) is 1. The lowest BCUT2D eigenvalue weighted by Crippen LogP contribution is -2.12. The second-order valence-electron chi connectivity index (χ2n) is 4.71. The van der Waals surface area contributed by atoms with E-state index in [1.807, 2.05) is 44.3 Å². The van der Waals surface area contributed by atoms with E-state index >= 15 is 0 Å². The maximum absolute atomic E-state index is 6.29. The molecule has 0 heterocycles. The molecule has 0 aliphatic carbocycles. The molecule has 1 N–H and O–H groups in total. The first-order chi connectivity index (χ1) is 9.51. The lowest BCUT2D eigenvalue weighted by atomic mass is 10.1. The van der Waals surface area contributed by atoms with Crippen LogP contribution in [-0.2, 0) is 0 Å². The van der Waals surface area contributed by atoms with E-state index in [-0.39, 0.29) is 6.04 Å². The van der Waals surface area contributed by atoms with Crippen LogP contribution in [0, 0.1) is 6.92 Å². The van der Waals surface area contributed by atoms with Crippen molar-refractivity contribution < 1.29 is 4.74 Å². The smallest absolute Gasteiger partial charge is 0.146 e. The highest BCUT2D eigenvalue weighted by atomic mass is 35.5. The van der Waals surface area contributed by atoms with Crippen molar-refractivity contribution in [2.24, 2.45) is 0 Å². The maximum atomic E-state index is 6.29. The number of halogens is 2. The van der Waals surface area contributed by atoms with Crippen LogP contribution in [-0.4, -0.2) is 7.05 Å². The van der Waals surface area contributed by atoms with Gasteiger partial charge in [-0.1, -0.05) is 35.3 Å². The van der Waals surface area contributed by atoms with Crippen molar-refractivity contribution in [1.29, 1.82) is 0 Å². The van der Waals surface area contributed by atoms with Crippen LogP contribution >= 0.6 is 23.2 Å². The van der Waals surface area contributed by atoms with Crippen LogP contribution in [0.25, 0.3) is 0 Å². The van der Waals surface area contributed by atoms with E-state index in [2.05, 4.69) is 12.2 Å². The predicted molar refractivity (Wildman–Crippen MR) is 85.2 cm³/mol. The van der Waals surface area contributed by atoms with E-state index < -0.39 is 0 Å². The second kappa shape index (κ2) is 6.49. The number of rotatable bonds is 4. The molecule has 1 atom stereocenters. The Bertz CT molecular complexity index is 613. The van der Waals surface area contributed by atoms with Crippen LogP contribution in [0.2, 0.25) is 10.0 Å². The summed E-state index contributed by atoms with van der Waals surface area (Å²) in [4.78, 5) is 0. The van der Waals surface area contributed by atoms with E-state index in [4.69, 9.17) is 27.9 Å². The molecule has 2 aromatic rings. The Labute approximate surface area is 129 Å². The standard InChI is InChI=1S/C16H17Cl2NO/c1-10-4-6-13(17)9-16(10)20-15-7-5-12(8-14(15)18)11(2)19-3/h4-9,11,19H,1-3H3. The van der Waals surface area contributed by atoms with Gasteiger partial charge in [-0.05, 0) is 56.3 Å². The van der Waals surface area contributed by atoms with Crippen molar-refractivity contribution in [3.05, 3.63) is 57.6 Å². The molecular weight excluding hydrogens is 293 g/mol.